The van der Waals surface area contributed by atoms with Crippen LogP contribution in [0.4, 0.5) is 26.3 Å². The van der Waals surface area contributed by atoms with Gasteiger partial charge >= 0.3 is 12.4 Å². The zero-order valence-corrected chi connectivity index (χ0v) is 22.7. The van der Waals surface area contributed by atoms with E-state index in [1.165, 1.54) is 13.1 Å². The Morgan fingerprint density at radius 1 is 1.13 bits per heavy atom. The number of rotatable bonds is 9. The molecule has 7 nitrogen and oxygen atoms in total. The predicted octanol–water partition coefficient (Wildman–Crippen LogP) is 5.52. The summed E-state index contributed by atoms with van der Waals surface area (Å²) in [5.74, 6) is -0.439. The fourth-order valence-electron chi connectivity index (χ4n) is 3.58. The number of nitrogens with one attached hydrogen (secondary N) is 1. The lowest BCUT2D eigenvalue weighted by Gasteiger charge is -2.36. The first kappa shape index (κ1) is 33.9. The number of carbonyl (C=O) groups is 1. The van der Waals surface area contributed by atoms with Crippen molar-refractivity contribution in [1.82, 2.24) is 14.8 Å². The number of H-pyrrole nitrogens is 1. The number of pyridine rings is 1. The summed E-state index contributed by atoms with van der Waals surface area (Å²) < 4.78 is 83.2. The molecule has 1 aromatic heterocycles. The fraction of sp³-hybridized carbons (Fsp3) is 0.577. The predicted molar refractivity (Wildman–Crippen MR) is 137 cm³/mol. The number of nitrogens with zero attached hydrogens (tertiary/aromatic N) is 3. The third-order valence-electron chi connectivity index (χ3n) is 5.71. The molecule has 1 amide bonds. The number of allylic oxidation sites excluding steroid dienone is 3. The second-order valence-corrected chi connectivity index (χ2v) is 8.43. The van der Waals surface area contributed by atoms with E-state index in [0.717, 1.165) is 18.4 Å². The lowest BCUT2D eigenvalue weighted by Crippen LogP contribution is -2.49. The summed E-state index contributed by atoms with van der Waals surface area (Å²) in [5.41, 5.74) is -3.17. The van der Waals surface area contributed by atoms with Crippen LogP contribution in [0, 0.1) is 0 Å². The molecule has 0 radical (unpaired) electrons. The number of piperazine rings is 1. The maximum atomic E-state index is 13.0. The number of carbonyl (C=O) groups excluding carboxylic acids is 1. The second-order valence-electron chi connectivity index (χ2n) is 8.43. The summed E-state index contributed by atoms with van der Waals surface area (Å²) in [6.07, 6.45) is -4.10. The first-order valence-corrected chi connectivity index (χ1v) is 12.7. The molecule has 1 N–H and O–H groups in total. The molecular formula is C26H36F6N4O3. The zero-order chi connectivity index (χ0) is 29.8. The maximum Gasteiger partial charge on any atom is 0.421 e. The van der Waals surface area contributed by atoms with Gasteiger partial charge in [-0.05, 0) is 31.1 Å². The van der Waals surface area contributed by atoms with Gasteiger partial charge in [0.15, 0.2) is 0 Å². The Morgan fingerprint density at radius 2 is 1.72 bits per heavy atom. The van der Waals surface area contributed by atoms with E-state index >= 15 is 0 Å². The van der Waals surface area contributed by atoms with Gasteiger partial charge < -0.3 is 19.5 Å². The van der Waals surface area contributed by atoms with E-state index in [1.54, 1.807) is 22.8 Å². The fourth-order valence-corrected chi connectivity index (χ4v) is 3.58. The number of aliphatic imine (C=N–C) groups is 1. The second kappa shape index (κ2) is 15.5. The van der Waals surface area contributed by atoms with Gasteiger partial charge in [-0.1, -0.05) is 33.8 Å². The number of ether oxygens (including phenoxy) is 1. The molecule has 1 atom stereocenters. The average molecular weight is 567 g/mol. The molecule has 39 heavy (non-hydrogen) atoms. The number of alkyl halides is 6. The number of hydrogen-bond donors (Lipinski definition) is 1. The number of aromatic nitrogens is 1. The van der Waals surface area contributed by atoms with Crippen LogP contribution in [-0.4, -0.2) is 72.5 Å². The van der Waals surface area contributed by atoms with Gasteiger partial charge in [-0.2, -0.15) is 26.3 Å². The van der Waals surface area contributed by atoms with E-state index in [-0.39, 0.29) is 24.7 Å². The number of amides is 1. The summed E-state index contributed by atoms with van der Waals surface area (Å²) in [4.78, 5) is 33.4. The van der Waals surface area contributed by atoms with Crippen LogP contribution in [0.15, 0.2) is 45.6 Å². The Kier molecular flexibility index (Phi) is 13.5. The minimum Gasteiger partial charge on any atom is -0.371 e. The zero-order valence-electron chi connectivity index (χ0n) is 22.7. The Balaban J connectivity index is 0.00000371. The Labute approximate surface area is 224 Å². The molecule has 2 rings (SSSR count). The van der Waals surface area contributed by atoms with Gasteiger partial charge in [0.1, 0.15) is 18.0 Å². The van der Waals surface area contributed by atoms with Crippen LogP contribution < -0.4 is 5.56 Å². The average Bonchev–Trinajstić information content (AvgIpc) is 2.88. The molecule has 1 saturated heterocycles. The molecule has 13 heteroatoms. The summed E-state index contributed by atoms with van der Waals surface area (Å²) in [6.45, 7) is 9.73. The van der Waals surface area contributed by atoms with Crippen LogP contribution in [0.2, 0.25) is 0 Å². The van der Waals surface area contributed by atoms with Crippen LogP contribution in [-0.2, 0) is 15.7 Å². The molecule has 1 unspecified atom stereocenters. The van der Waals surface area contributed by atoms with Crippen molar-refractivity contribution in [2.75, 3.05) is 39.4 Å². The van der Waals surface area contributed by atoms with Gasteiger partial charge in [0.25, 0.3) is 5.56 Å². The SMILES string of the molecule is CC.C\C=C(/C=N\C(=C\CC)N1CCN(C(=O)COCC(C)c2c[nH]c(=O)c(C(F)(F)F)c2)CC1)C(F)(F)F. The Bertz CT molecular complexity index is 1070. The van der Waals surface area contributed by atoms with Crippen molar-refractivity contribution in [2.45, 2.75) is 59.3 Å². The van der Waals surface area contributed by atoms with Crippen LogP contribution in [0.25, 0.3) is 0 Å². The van der Waals surface area contributed by atoms with E-state index in [1.807, 2.05) is 20.8 Å². The molecule has 1 aliphatic heterocycles. The number of halogens is 6. The molecule has 0 aromatic carbocycles. The lowest BCUT2D eigenvalue weighted by molar-refractivity contribution is -0.138. The molecule has 1 aromatic rings. The maximum absolute atomic E-state index is 13.0. The van der Waals surface area contributed by atoms with Gasteiger partial charge in [0, 0.05) is 44.5 Å². The quantitative estimate of drug-likeness (QED) is 0.316. The molecule has 1 fully saturated rings. The monoisotopic (exact) mass is 566 g/mol. The summed E-state index contributed by atoms with van der Waals surface area (Å²) >= 11 is 0. The standard InChI is InChI=1S/C24H30F6N4O3.C2H6/c1-4-6-20(31-13-18(5-2)23(25,26)27)33-7-9-34(10-8-33)21(35)15-37-14-16(3)17-11-19(24(28,29)30)22(36)32-12-17;1-2/h5-6,11-13,16H,4,7-10,14-15H2,1-3H3,(H,32,36);1-2H3/b18-5+,20-6-,31-13-;. The van der Waals surface area contributed by atoms with Gasteiger partial charge in [-0.15, -0.1) is 0 Å². The van der Waals surface area contributed by atoms with Crippen molar-refractivity contribution >= 4 is 12.1 Å². The lowest BCUT2D eigenvalue weighted by atomic mass is 10.0. The highest BCUT2D eigenvalue weighted by Crippen LogP contribution is 2.28. The molecule has 0 saturated carbocycles. The molecule has 0 bridgehead atoms. The van der Waals surface area contributed by atoms with Crippen LogP contribution >= 0.6 is 0 Å². The highest BCUT2D eigenvalue weighted by atomic mass is 19.4. The first-order chi connectivity index (χ1) is 18.3. The van der Waals surface area contributed by atoms with Crippen molar-refractivity contribution in [3.8, 4) is 0 Å². The van der Waals surface area contributed by atoms with Crippen molar-refractivity contribution in [3.05, 3.63) is 57.3 Å². The molecule has 220 valence electrons. The van der Waals surface area contributed by atoms with E-state index in [2.05, 4.69) is 9.98 Å². The van der Waals surface area contributed by atoms with E-state index < -0.39 is 35.0 Å². The minimum absolute atomic E-state index is 0.0420. The van der Waals surface area contributed by atoms with Crippen LogP contribution in [0.5, 0.6) is 0 Å². The van der Waals surface area contributed by atoms with E-state index in [0.29, 0.717) is 38.4 Å². The van der Waals surface area contributed by atoms with Gasteiger partial charge in [-0.3, -0.25) is 9.59 Å². The third-order valence-corrected chi connectivity index (χ3v) is 5.71. The molecular weight excluding hydrogens is 530 g/mol. The van der Waals surface area contributed by atoms with Crippen LogP contribution in [0.3, 0.4) is 0 Å². The van der Waals surface area contributed by atoms with E-state index in [4.69, 9.17) is 4.74 Å². The van der Waals surface area contributed by atoms with E-state index in [9.17, 15) is 35.9 Å². The topological polar surface area (TPSA) is 78.0 Å². The highest BCUT2D eigenvalue weighted by Gasteiger charge is 2.34. The van der Waals surface area contributed by atoms with Crippen molar-refractivity contribution in [1.29, 1.82) is 0 Å². The molecule has 0 aliphatic carbocycles. The summed E-state index contributed by atoms with van der Waals surface area (Å²) in [6, 6.07) is 0.770. The number of hydrogen-bond acceptors (Lipinski definition) is 5. The normalized spacial score (nSPS) is 16.3. The van der Waals surface area contributed by atoms with Gasteiger partial charge in [-0.25, -0.2) is 4.99 Å². The largest absolute Gasteiger partial charge is 0.421 e. The molecule has 1 aliphatic rings. The summed E-state index contributed by atoms with van der Waals surface area (Å²) in [5, 5.41) is 0. The summed E-state index contributed by atoms with van der Waals surface area (Å²) in [7, 11) is 0. The van der Waals surface area contributed by atoms with Crippen molar-refractivity contribution in [2.24, 2.45) is 4.99 Å². The van der Waals surface area contributed by atoms with Crippen molar-refractivity contribution < 1.29 is 35.9 Å². The van der Waals surface area contributed by atoms with Crippen molar-refractivity contribution in [3.63, 3.8) is 0 Å². The van der Waals surface area contributed by atoms with Crippen LogP contribution in [0.1, 0.15) is 58.1 Å². The smallest absolute Gasteiger partial charge is 0.371 e. The third kappa shape index (κ3) is 10.5. The highest BCUT2D eigenvalue weighted by molar-refractivity contribution is 5.81. The van der Waals surface area contributed by atoms with Gasteiger partial charge in [0.2, 0.25) is 5.91 Å². The molecule has 0 spiro atoms. The Hall–Kier alpha value is -3.09. The Morgan fingerprint density at radius 3 is 2.23 bits per heavy atom. The number of aromatic amines is 1. The van der Waals surface area contributed by atoms with Gasteiger partial charge in [0.05, 0.1) is 12.2 Å². The first-order valence-electron chi connectivity index (χ1n) is 12.7. The minimum atomic E-state index is -4.78. The molecule has 2 heterocycles.